The van der Waals surface area contributed by atoms with Crippen molar-refractivity contribution in [1.82, 2.24) is 5.32 Å². The van der Waals surface area contributed by atoms with Crippen molar-refractivity contribution in [2.75, 3.05) is 6.54 Å². The summed E-state index contributed by atoms with van der Waals surface area (Å²) in [6.45, 7) is 7.91. The fraction of sp³-hybridized carbons (Fsp3) is 0.357. The lowest BCUT2D eigenvalue weighted by molar-refractivity contribution is -0.132. The Labute approximate surface area is 102 Å². The third kappa shape index (κ3) is 4.04. The smallest absolute Gasteiger partial charge is 0.332 e. The third-order valence-corrected chi connectivity index (χ3v) is 2.81. The lowest BCUT2D eigenvalue weighted by atomic mass is 10.0. The minimum Gasteiger partial charge on any atom is -0.478 e. The molecule has 0 amide bonds. The molecule has 1 aromatic rings. The zero-order valence-corrected chi connectivity index (χ0v) is 10.4. The zero-order valence-electron chi connectivity index (χ0n) is 10.4. The van der Waals surface area contributed by atoms with Gasteiger partial charge in [0.15, 0.2) is 0 Å². The number of carbonyl (C=O) groups is 1. The molecule has 3 nitrogen and oxygen atoms in total. The molecule has 2 N–H and O–H groups in total. The van der Waals surface area contributed by atoms with Gasteiger partial charge in [-0.25, -0.2) is 4.79 Å². The molecule has 1 aromatic carbocycles. The van der Waals surface area contributed by atoms with E-state index in [4.69, 9.17) is 5.11 Å². The molecule has 0 aliphatic rings. The minimum atomic E-state index is -0.953. The van der Waals surface area contributed by atoms with Crippen LogP contribution in [0.5, 0.6) is 0 Å². The van der Waals surface area contributed by atoms with Crippen LogP contribution in [0.15, 0.2) is 36.4 Å². The normalized spacial score (nSPS) is 12.1. The lowest BCUT2D eigenvalue weighted by Crippen LogP contribution is -2.23. The number of hydrogen-bond donors (Lipinski definition) is 2. The largest absolute Gasteiger partial charge is 0.478 e. The summed E-state index contributed by atoms with van der Waals surface area (Å²) in [5.41, 5.74) is 2.64. The van der Waals surface area contributed by atoms with Crippen molar-refractivity contribution >= 4 is 5.97 Å². The summed E-state index contributed by atoms with van der Waals surface area (Å²) in [5.74, 6) is -0.953. The highest BCUT2D eigenvalue weighted by atomic mass is 16.4. The van der Waals surface area contributed by atoms with E-state index in [0.717, 1.165) is 12.0 Å². The molecular weight excluding hydrogens is 214 g/mol. The number of nitrogens with one attached hydrogen (secondary N) is 1. The van der Waals surface area contributed by atoms with E-state index in [-0.39, 0.29) is 11.6 Å². The van der Waals surface area contributed by atoms with Gasteiger partial charge in [0.2, 0.25) is 0 Å². The van der Waals surface area contributed by atoms with E-state index in [2.05, 4.69) is 43.1 Å². The molecule has 0 spiro atoms. The van der Waals surface area contributed by atoms with Crippen LogP contribution in [0.3, 0.4) is 0 Å². The Morgan fingerprint density at radius 1 is 1.41 bits per heavy atom. The van der Waals surface area contributed by atoms with E-state index in [1.54, 1.807) is 0 Å². The van der Waals surface area contributed by atoms with Crippen LogP contribution in [0.4, 0.5) is 0 Å². The topological polar surface area (TPSA) is 49.3 Å². The molecule has 0 aliphatic carbocycles. The summed E-state index contributed by atoms with van der Waals surface area (Å²) in [6.07, 6.45) is 1.03. The fourth-order valence-electron chi connectivity index (χ4n) is 1.51. The van der Waals surface area contributed by atoms with E-state index in [9.17, 15) is 4.79 Å². The van der Waals surface area contributed by atoms with Crippen LogP contribution in [0.2, 0.25) is 0 Å². The number of benzene rings is 1. The van der Waals surface area contributed by atoms with Crippen molar-refractivity contribution in [1.29, 1.82) is 0 Å². The van der Waals surface area contributed by atoms with Crippen molar-refractivity contribution in [3.8, 4) is 0 Å². The average molecular weight is 233 g/mol. The molecule has 0 saturated heterocycles. The Kier molecular flexibility index (Phi) is 4.91. The van der Waals surface area contributed by atoms with Crippen molar-refractivity contribution in [2.45, 2.75) is 26.3 Å². The minimum absolute atomic E-state index is 0.122. The average Bonchev–Trinajstić information content (AvgIpc) is 2.35. The summed E-state index contributed by atoms with van der Waals surface area (Å²) in [7, 11) is 0. The second-order valence-corrected chi connectivity index (χ2v) is 4.11. The number of hydrogen-bond acceptors (Lipinski definition) is 2. The van der Waals surface area contributed by atoms with Gasteiger partial charge in [0.1, 0.15) is 0 Å². The molecule has 1 unspecified atom stereocenters. The molecule has 0 bridgehead atoms. The van der Waals surface area contributed by atoms with Crippen LogP contribution >= 0.6 is 0 Å². The second kappa shape index (κ2) is 6.21. The maximum absolute atomic E-state index is 10.6. The lowest BCUT2D eigenvalue weighted by Gasteiger charge is -2.14. The molecule has 0 aromatic heterocycles. The van der Waals surface area contributed by atoms with Gasteiger partial charge in [-0.1, -0.05) is 37.8 Å². The van der Waals surface area contributed by atoms with E-state index >= 15 is 0 Å². The molecule has 1 atom stereocenters. The van der Waals surface area contributed by atoms with Crippen LogP contribution < -0.4 is 5.32 Å². The molecule has 0 saturated carbocycles. The molecule has 1 rings (SSSR count). The number of aliphatic carboxylic acids is 1. The molecule has 0 radical (unpaired) electrons. The quantitative estimate of drug-likeness (QED) is 0.742. The monoisotopic (exact) mass is 233 g/mol. The number of rotatable bonds is 6. The standard InChI is InChI=1S/C14H19NO2/c1-4-12-5-7-13(8-6-12)11(3)15-9-10(2)14(16)17/h5-8,11,15H,2,4,9H2,1,3H3,(H,16,17). The van der Waals surface area contributed by atoms with Crippen LogP contribution in [0.25, 0.3) is 0 Å². The van der Waals surface area contributed by atoms with Crippen molar-refractivity contribution in [3.63, 3.8) is 0 Å². The Bertz CT molecular complexity index is 395. The first kappa shape index (κ1) is 13.5. The molecule has 0 aliphatic heterocycles. The molecular formula is C14H19NO2. The zero-order chi connectivity index (χ0) is 12.8. The summed E-state index contributed by atoms with van der Waals surface area (Å²) in [4.78, 5) is 10.6. The fourth-order valence-corrected chi connectivity index (χ4v) is 1.51. The predicted molar refractivity (Wildman–Crippen MR) is 69.0 cm³/mol. The SMILES string of the molecule is C=C(CNC(C)c1ccc(CC)cc1)C(=O)O. The van der Waals surface area contributed by atoms with Gasteiger partial charge in [-0.05, 0) is 24.5 Å². The van der Waals surface area contributed by atoms with Gasteiger partial charge in [0.25, 0.3) is 0 Å². The highest BCUT2D eigenvalue weighted by Gasteiger charge is 2.08. The highest BCUT2D eigenvalue weighted by Crippen LogP contribution is 2.13. The summed E-state index contributed by atoms with van der Waals surface area (Å²) < 4.78 is 0. The van der Waals surface area contributed by atoms with Crippen molar-refractivity contribution < 1.29 is 9.90 Å². The maximum atomic E-state index is 10.6. The molecule has 92 valence electrons. The first-order chi connectivity index (χ1) is 8.04. The van der Waals surface area contributed by atoms with Gasteiger partial charge in [0, 0.05) is 18.2 Å². The summed E-state index contributed by atoms with van der Waals surface area (Å²) in [5, 5.41) is 11.8. The van der Waals surface area contributed by atoms with Gasteiger partial charge >= 0.3 is 5.97 Å². The molecule has 3 heteroatoms. The van der Waals surface area contributed by atoms with Gasteiger partial charge in [-0.2, -0.15) is 0 Å². The van der Waals surface area contributed by atoms with Gasteiger partial charge in [0.05, 0.1) is 0 Å². The van der Waals surface area contributed by atoms with E-state index in [1.807, 2.05) is 6.92 Å². The molecule has 0 fully saturated rings. The van der Waals surface area contributed by atoms with E-state index < -0.39 is 5.97 Å². The van der Waals surface area contributed by atoms with Crippen LogP contribution in [0.1, 0.15) is 31.0 Å². The van der Waals surface area contributed by atoms with E-state index in [0.29, 0.717) is 6.54 Å². The number of carboxylic acids is 1. The van der Waals surface area contributed by atoms with Gasteiger partial charge in [-0.3, -0.25) is 0 Å². The highest BCUT2D eigenvalue weighted by molar-refractivity contribution is 5.86. The summed E-state index contributed by atoms with van der Waals surface area (Å²) >= 11 is 0. The van der Waals surface area contributed by atoms with Crippen LogP contribution in [-0.2, 0) is 11.2 Å². The van der Waals surface area contributed by atoms with Gasteiger partial charge in [-0.15, -0.1) is 0 Å². The first-order valence-corrected chi connectivity index (χ1v) is 5.78. The van der Waals surface area contributed by atoms with E-state index in [1.165, 1.54) is 5.56 Å². The van der Waals surface area contributed by atoms with Gasteiger partial charge < -0.3 is 10.4 Å². The van der Waals surface area contributed by atoms with Crippen molar-refractivity contribution in [3.05, 3.63) is 47.5 Å². The number of carboxylic acid groups (broad SMARTS) is 1. The van der Waals surface area contributed by atoms with Crippen LogP contribution in [-0.4, -0.2) is 17.6 Å². The number of aryl methyl sites for hydroxylation is 1. The molecule has 17 heavy (non-hydrogen) atoms. The van der Waals surface area contributed by atoms with Crippen molar-refractivity contribution in [2.24, 2.45) is 0 Å². The summed E-state index contributed by atoms with van der Waals surface area (Å²) in [6, 6.07) is 8.45. The Morgan fingerprint density at radius 2 is 2.00 bits per heavy atom. The predicted octanol–water partition coefficient (Wildman–Crippen LogP) is 2.54. The Balaban J connectivity index is 2.54. The van der Waals surface area contributed by atoms with Crippen LogP contribution in [0, 0.1) is 0 Å². The Hall–Kier alpha value is -1.61. The Morgan fingerprint density at radius 3 is 2.47 bits per heavy atom. The first-order valence-electron chi connectivity index (χ1n) is 5.78. The maximum Gasteiger partial charge on any atom is 0.332 e. The molecule has 0 heterocycles. The third-order valence-electron chi connectivity index (χ3n) is 2.81. The second-order valence-electron chi connectivity index (χ2n) is 4.11.